The third kappa shape index (κ3) is 7.82. The van der Waals surface area contributed by atoms with Crippen LogP contribution in [-0.2, 0) is 26.2 Å². The summed E-state index contributed by atoms with van der Waals surface area (Å²) >= 11 is 6.40. The fourth-order valence-electron chi connectivity index (χ4n) is 4.21. The second-order valence-corrected chi connectivity index (χ2v) is 11.8. The Balaban J connectivity index is 2.04. The molecule has 0 aliphatic rings. The molecule has 2 amide bonds. The Morgan fingerprint density at radius 3 is 2.23 bits per heavy atom. The van der Waals surface area contributed by atoms with Gasteiger partial charge in [-0.15, -0.1) is 0 Å². The lowest BCUT2D eigenvalue weighted by atomic mass is 10.1. The van der Waals surface area contributed by atoms with Gasteiger partial charge in [-0.2, -0.15) is 0 Å². The quantitative estimate of drug-likeness (QED) is 0.260. The number of sulfonamides is 1. The molecule has 3 aromatic carbocycles. The summed E-state index contributed by atoms with van der Waals surface area (Å²) in [6, 6.07) is 17.2. The first-order valence-electron chi connectivity index (χ1n) is 13.2. The molecule has 0 saturated carbocycles. The van der Waals surface area contributed by atoms with E-state index in [1.54, 1.807) is 43.3 Å². The van der Waals surface area contributed by atoms with Gasteiger partial charge in [-0.3, -0.25) is 13.9 Å². The van der Waals surface area contributed by atoms with Crippen molar-refractivity contribution in [2.24, 2.45) is 0 Å². The topological polar surface area (TPSA) is 86.8 Å². The van der Waals surface area contributed by atoms with E-state index in [1.807, 2.05) is 13.8 Å². The number of hydrogen-bond donors (Lipinski definition) is 1. The number of carbonyl (C=O) groups is 2. The van der Waals surface area contributed by atoms with Gasteiger partial charge in [0.15, 0.2) is 0 Å². The minimum absolute atomic E-state index is 0.0000479. The molecular weight excluding hydrogens is 553 g/mol. The summed E-state index contributed by atoms with van der Waals surface area (Å²) in [4.78, 5) is 28.5. The zero-order valence-electron chi connectivity index (χ0n) is 22.9. The van der Waals surface area contributed by atoms with Crippen LogP contribution in [0.4, 0.5) is 10.1 Å². The average Bonchev–Trinajstić information content (AvgIpc) is 2.93. The van der Waals surface area contributed by atoms with E-state index in [1.165, 1.54) is 29.2 Å². The Labute approximate surface area is 241 Å². The van der Waals surface area contributed by atoms with Crippen LogP contribution < -0.4 is 9.62 Å². The lowest BCUT2D eigenvalue weighted by Crippen LogP contribution is -2.52. The maximum absolute atomic E-state index is 14.0. The highest BCUT2D eigenvalue weighted by Gasteiger charge is 2.33. The van der Waals surface area contributed by atoms with Crippen LogP contribution in [0.2, 0.25) is 5.02 Å². The molecule has 1 N–H and O–H groups in total. The number of anilines is 1. The van der Waals surface area contributed by atoms with Crippen molar-refractivity contribution in [2.75, 3.05) is 17.4 Å². The lowest BCUT2D eigenvalue weighted by molar-refractivity contribution is -0.140. The Hall–Kier alpha value is -3.43. The summed E-state index contributed by atoms with van der Waals surface area (Å²) in [5.41, 5.74) is 1.61. The first-order valence-corrected chi connectivity index (χ1v) is 15.1. The van der Waals surface area contributed by atoms with Crippen LogP contribution in [0.1, 0.15) is 44.2 Å². The number of benzene rings is 3. The van der Waals surface area contributed by atoms with E-state index < -0.39 is 34.3 Å². The van der Waals surface area contributed by atoms with E-state index in [9.17, 15) is 22.4 Å². The van der Waals surface area contributed by atoms with Gasteiger partial charge in [0.2, 0.25) is 11.8 Å². The molecule has 0 radical (unpaired) electrons. The monoisotopic (exact) mass is 587 g/mol. The molecule has 0 aliphatic heterocycles. The van der Waals surface area contributed by atoms with Crippen molar-refractivity contribution in [3.8, 4) is 0 Å². The number of unbranched alkanes of at least 4 members (excludes halogenated alkanes) is 1. The Bertz CT molecular complexity index is 1400. The third-order valence-corrected chi connectivity index (χ3v) is 8.67. The van der Waals surface area contributed by atoms with Crippen LogP contribution in [0.5, 0.6) is 0 Å². The van der Waals surface area contributed by atoms with Crippen LogP contribution in [0.3, 0.4) is 0 Å². The molecular formula is C30H35ClFN3O4S. The first kappa shape index (κ1) is 31.1. The normalized spacial score (nSPS) is 12.0. The standard InChI is InChI=1S/C30H35ClFN3O4S/c1-4-6-19-33-30(37)28(5-2)34(20-23-9-7-8-10-27(23)31)29(36)21-35(25-15-13-24(32)14-16-25)40(38,39)26-17-11-22(3)12-18-26/h7-18,28H,4-6,19-21H2,1-3H3,(H,33,37)/t28-/m0/s1. The van der Waals surface area contributed by atoms with Gasteiger partial charge in [0.05, 0.1) is 10.6 Å². The molecule has 40 heavy (non-hydrogen) atoms. The fraction of sp³-hybridized carbons (Fsp3) is 0.333. The zero-order chi connectivity index (χ0) is 29.3. The van der Waals surface area contributed by atoms with Crippen LogP contribution in [0.15, 0.2) is 77.7 Å². The van der Waals surface area contributed by atoms with Crippen LogP contribution in [-0.4, -0.2) is 44.3 Å². The van der Waals surface area contributed by atoms with Crippen molar-refractivity contribution in [1.82, 2.24) is 10.2 Å². The van der Waals surface area contributed by atoms with Crippen LogP contribution in [0, 0.1) is 12.7 Å². The second kappa shape index (κ2) is 14.3. The molecule has 3 aromatic rings. The summed E-state index contributed by atoms with van der Waals surface area (Å²) in [5, 5.41) is 3.30. The van der Waals surface area contributed by atoms with Crippen molar-refractivity contribution in [3.63, 3.8) is 0 Å². The molecule has 0 spiro atoms. The zero-order valence-corrected chi connectivity index (χ0v) is 24.5. The van der Waals surface area contributed by atoms with Crippen LogP contribution in [0.25, 0.3) is 0 Å². The fourth-order valence-corrected chi connectivity index (χ4v) is 5.82. The third-order valence-electron chi connectivity index (χ3n) is 6.52. The summed E-state index contributed by atoms with van der Waals surface area (Å²) in [5.74, 6) is -1.47. The van der Waals surface area contributed by atoms with Gasteiger partial charge in [-0.25, -0.2) is 12.8 Å². The maximum atomic E-state index is 14.0. The molecule has 10 heteroatoms. The molecule has 0 saturated heterocycles. The van der Waals surface area contributed by atoms with E-state index in [0.717, 1.165) is 34.8 Å². The molecule has 0 aromatic heterocycles. The highest BCUT2D eigenvalue weighted by Crippen LogP contribution is 2.26. The number of carbonyl (C=O) groups excluding carboxylic acids is 2. The molecule has 0 unspecified atom stereocenters. The van der Waals surface area contributed by atoms with Crippen molar-refractivity contribution < 1.29 is 22.4 Å². The van der Waals surface area contributed by atoms with Gasteiger partial charge >= 0.3 is 0 Å². The summed E-state index contributed by atoms with van der Waals surface area (Å²) in [6.45, 7) is 5.49. The predicted octanol–water partition coefficient (Wildman–Crippen LogP) is 5.71. The summed E-state index contributed by atoms with van der Waals surface area (Å²) in [6.07, 6.45) is 1.98. The number of rotatable bonds is 13. The number of aryl methyl sites for hydroxylation is 1. The van der Waals surface area contributed by atoms with Gasteiger partial charge in [0.25, 0.3) is 10.0 Å². The molecule has 0 fully saturated rings. The van der Waals surface area contributed by atoms with Crippen LogP contribution >= 0.6 is 11.6 Å². The molecule has 3 rings (SSSR count). The Morgan fingerprint density at radius 2 is 1.62 bits per heavy atom. The van der Waals surface area contributed by atoms with Crippen molar-refractivity contribution >= 4 is 39.1 Å². The Kier molecular flexibility index (Phi) is 11.1. The average molecular weight is 588 g/mol. The first-order chi connectivity index (χ1) is 19.1. The van der Waals surface area contributed by atoms with Crippen molar-refractivity contribution in [2.45, 2.75) is 57.5 Å². The molecule has 0 heterocycles. The Morgan fingerprint density at radius 1 is 0.975 bits per heavy atom. The largest absolute Gasteiger partial charge is 0.354 e. The molecule has 0 aliphatic carbocycles. The van der Waals surface area contributed by atoms with E-state index in [4.69, 9.17) is 11.6 Å². The van der Waals surface area contributed by atoms with E-state index in [2.05, 4.69) is 5.32 Å². The van der Waals surface area contributed by atoms with E-state index >= 15 is 0 Å². The number of nitrogens with zero attached hydrogens (tertiary/aromatic N) is 2. The van der Waals surface area contributed by atoms with Gasteiger partial charge in [-0.05, 0) is 67.8 Å². The van der Waals surface area contributed by atoms with Gasteiger partial charge in [0, 0.05) is 18.1 Å². The lowest BCUT2D eigenvalue weighted by Gasteiger charge is -2.33. The number of amides is 2. The molecule has 214 valence electrons. The molecule has 0 bridgehead atoms. The SMILES string of the molecule is CCCCNC(=O)[C@H](CC)N(Cc1ccccc1Cl)C(=O)CN(c1ccc(F)cc1)S(=O)(=O)c1ccc(C)cc1. The highest BCUT2D eigenvalue weighted by atomic mass is 35.5. The number of halogens is 2. The molecule has 1 atom stereocenters. The van der Waals surface area contributed by atoms with Crippen molar-refractivity contribution in [3.05, 3.63) is 94.8 Å². The maximum Gasteiger partial charge on any atom is 0.264 e. The number of nitrogens with one attached hydrogen (secondary N) is 1. The smallest absolute Gasteiger partial charge is 0.264 e. The van der Waals surface area contributed by atoms with Crippen molar-refractivity contribution in [1.29, 1.82) is 0 Å². The van der Waals surface area contributed by atoms with Gasteiger partial charge in [-0.1, -0.05) is 67.8 Å². The minimum Gasteiger partial charge on any atom is -0.354 e. The predicted molar refractivity (Wildman–Crippen MR) is 156 cm³/mol. The second-order valence-electron chi connectivity index (χ2n) is 9.48. The highest BCUT2D eigenvalue weighted by molar-refractivity contribution is 7.92. The summed E-state index contributed by atoms with van der Waals surface area (Å²) < 4.78 is 42.3. The van der Waals surface area contributed by atoms with E-state index in [0.29, 0.717) is 23.6 Å². The number of hydrogen-bond acceptors (Lipinski definition) is 4. The van der Waals surface area contributed by atoms with Gasteiger partial charge < -0.3 is 10.2 Å². The molecule has 7 nitrogen and oxygen atoms in total. The summed E-state index contributed by atoms with van der Waals surface area (Å²) in [7, 11) is -4.23. The van der Waals surface area contributed by atoms with E-state index in [-0.39, 0.29) is 23.0 Å². The van der Waals surface area contributed by atoms with Gasteiger partial charge in [0.1, 0.15) is 18.4 Å². The minimum atomic E-state index is -4.23.